The van der Waals surface area contributed by atoms with Gasteiger partial charge in [-0.1, -0.05) is 0 Å². The summed E-state index contributed by atoms with van der Waals surface area (Å²) < 4.78 is 43.1. The van der Waals surface area contributed by atoms with Gasteiger partial charge in [0.05, 0.1) is 0 Å². The summed E-state index contributed by atoms with van der Waals surface area (Å²) in [4.78, 5) is 0. The first kappa shape index (κ1) is 40.5. The molecule has 0 unspecified atom stereocenters. The summed E-state index contributed by atoms with van der Waals surface area (Å²) in [7, 11) is 0. The molecule has 0 aromatic heterocycles. The third-order valence-corrected chi connectivity index (χ3v) is 20.6. The van der Waals surface area contributed by atoms with Gasteiger partial charge in [-0.2, -0.15) is 0 Å². The fourth-order valence-corrected chi connectivity index (χ4v) is 17.2. The average Bonchev–Trinajstić information content (AvgIpc) is 2.31. The molecule has 0 aliphatic rings. The maximum absolute atomic E-state index is 6.30. The third-order valence-electron chi connectivity index (χ3n) is 3.07. The van der Waals surface area contributed by atoms with Gasteiger partial charge in [0.2, 0.25) is 0 Å². The van der Waals surface area contributed by atoms with Crippen LogP contribution in [0.5, 0.6) is 0 Å². The van der Waals surface area contributed by atoms with Gasteiger partial charge in [0.1, 0.15) is 0 Å². The fourth-order valence-electron chi connectivity index (χ4n) is 2.56. The van der Waals surface area contributed by atoms with Gasteiger partial charge >= 0.3 is 248 Å². The van der Waals surface area contributed by atoms with Crippen molar-refractivity contribution in [2.45, 2.75) is 185 Å². The summed E-state index contributed by atoms with van der Waals surface area (Å²) in [5.74, 6) is 0. The Balaban J connectivity index is 0. The van der Waals surface area contributed by atoms with E-state index >= 15 is 0 Å². The SMILES string of the molecule is CC(C)(C)[O][In]([O]C(C)(C)C)[O]C(C)(C)C.CC(C)(C)[O][Sn]([O]C(C)(C)C)([O]C(C)(C)C)[O]C(C)(C)C. The first-order valence-corrected chi connectivity index (χ1v) is 22.1. The Morgan fingerprint density at radius 1 is 0.297 bits per heavy atom. The molecule has 0 heterocycles. The molecule has 9 heteroatoms. The van der Waals surface area contributed by atoms with Crippen molar-refractivity contribution in [1.29, 1.82) is 0 Å². The normalized spacial score (nSPS) is 14.8. The Hall–Kier alpha value is 1.39. The van der Waals surface area contributed by atoms with Crippen LogP contribution in [0.1, 0.15) is 145 Å². The van der Waals surface area contributed by atoms with Gasteiger partial charge < -0.3 is 0 Å². The van der Waals surface area contributed by atoms with Crippen LogP contribution in [-0.2, 0) is 20.9 Å². The Morgan fingerprint density at radius 2 is 0.459 bits per heavy atom. The minimum absolute atomic E-state index is 0.197. The van der Waals surface area contributed by atoms with Crippen molar-refractivity contribution in [3.63, 3.8) is 0 Å². The molecule has 0 N–H and O–H groups in total. The predicted molar refractivity (Wildman–Crippen MR) is 157 cm³/mol. The molecule has 0 saturated carbocycles. The molecule has 37 heavy (non-hydrogen) atoms. The van der Waals surface area contributed by atoms with E-state index in [0.29, 0.717) is 0 Å². The summed E-state index contributed by atoms with van der Waals surface area (Å²) >= 11 is -7.11. The van der Waals surface area contributed by atoms with Crippen molar-refractivity contribution in [3.05, 3.63) is 0 Å². The molecule has 0 aliphatic carbocycles. The number of rotatable bonds is 7. The van der Waals surface area contributed by atoms with Gasteiger partial charge in [-0.05, 0) is 0 Å². The summed E-state index contributed by atoms with van der Waals surface area (Å²) in [5, 5.41) is 0. The number of hydrogen-bond acceptors (Lipinski definition) is 7. The first-order chi connectivity index (χ1) is 15.6. The minimum atomic E-state index is -4.25. The van der Waals surface area contributed by atoms with E-state index in [2.05, 4.69) is 0 Å². The van der Waals surface area contributed by atoms with Crippen molar-refractivity contribution in [2.75, 3.05) is 0 Å². The van der Waals surface area contributed by atoms with Crippen molar-refractivity contribution in [1.82, 2.24) is 0 Å². The van der Waals surface area contributed by atoms with E-state index in [0.717, 1.165) is 0 Å². The fraction of sp³-hybridized carbons (Fsp3) is 1.00. The molecule has 0 amide bonds. The second-order valence-electron chi connectivity index (χ2n) is 16.3. The first-order valence-electron chi connectivity index (χ1n) is 13.5. The van der Waals surface area contributed by atoms with E-state index in [1.54, 1.807) is 0 Å². The molecule has 0 saturated heterocycles. The molecule has 0 aromatic carbocycles. The Kier molecular flexibility index (Phi) is 15.4. The summed E-state index contributed by atoms with van der Waals surface area (Å²) in [5.41, 5.74) is -2.16. The molecule has 0 radical (unpaired) electrons. The van der Waals surface area contributed by atoms with E-state index in [-0.39, 0.29) is 16.8 Å². The Bertz CT molecular complexity index is 542. The predicted octanol–water partition coefficient (Wildman–Crippen LogP) is 8.10. The van der Waals surface area contributed by atoms with Gasteiger partial charge in [0, 0.05) is 0 Å². The van der Waals surface area contributed by atoms with Crippen LogP contribution in [-0.4, -0.2) is 82.0 Å². The second kappa shape index (κ2) is 14.0. The van der Waals surface area contributed by atoms with E-state index in [1.165, 1.54) is 0 Å². The quantitative estimate of drug-likeness (QED) is 0.244. The second-order valence-corrected chi connectivity index (χ2v) is 25.2. The van der Waals surface area contributed by atoms with Crippen LogP contribution >= 0.6 is 0 Å². The van der Waals surface area contributed by atoms with Crippen LogP contribution in [0.25, 0.3) is 0 Å². The molecule has 224 valence electrons. The summed E-state index contributed by atoms with van der Waals surface area (Å²) in [6.45, 7) is 42.4. The average molecular weight is 745 g/mol. The van der Waals surface area contributed by atoms with Gasteiger partial charge in [0.15, 0.2) is 0 Å². The zero-order chi connectivity index (χ0) is 30.5. The molecule has 7 nitrogen and oxygen atoms in total. The molecule has 0 bridgehead atoms. The third kappa shape index (κ3) is 28.7. The monoisotopic (exact) mass is 746 g/mol. The molecule has 0 atom stereocenters. The van der Waals surface area contributed by atoms with E-state index < -0.39 is 65.2 Å². The molecule has 0 rings (SSSR count). The van der Waals surface area contributed by atoms with Crippen LogP contribution in [0.15, 0.2) is 0 Å². The number of hydrogen-bond donors (Lipinski definition) is 0. The zero-order valence-electron chi connectivity index (χ0n) is 28.4. The molecule has 0 spiro atoms. The Labute approximate surface area is 246 Å². The van der Waals surface area contributed by atoms with Crippen molar-refractivity contribution >= 4 is 42.8 Å². The van der Waals surface area contributed by atoms with Crippen LogP contribution < -0.4 is 0 Å². The molecule has 0 aromatic rings. The van der Waals surface area contributed by atoms with E-state index in [1.807, 2.05) is 145 Å². The summed E-state index contributed by atoms with van der Waals surface area (Å²) in [6.07, 6.45) is 0. The van der Waals surface area contributed by atoms with E-state index in [9.17, 15) is 0 Å². The zero-order valence-corrected chi connectivity index (χ0v) is 34.6. The van der Waals surface area contributed by atoms with E-state index in [4.69, 9.17) is 20.9 Å². The Morgan fingerprint density at radius 3 is 0.568 bits per heavy atom. The van der Waals surface area contributed by atoms with Gasteiger partial charge in [-0.25, -0.2) is 0 Å². The summed E-state index contributed by atoms with van der Waals surface area (Å²) in [6, 6.07) is 0. The van der Waals surface area contributed by atoms with Crippen LogP contribution in [0.3, 0.4) is 0 Å². The van der Waals surface area contributed by atoms with Crippen molar-refractivity contribution in [2.24, 2.45) is 0 Å². The molecular formula is C28H63InO7Sn. The van der Waals surface area contributed by atoms with Crippen molar-refractivity contribution in [3.8, 4) is 0 Å². The van der Waals surface area contributed by atoms with Gasteiger partial charge in [-0.15, -0.1) is 0 Å². The van der Waals surface area contributed by atoms with Crippen LogP contribution in [0.4, 0.5) is 0 Å². The molecule has 0 aliphatic heterocycles. The topological polar surface area (TPSA) is 64.6 Å². The van der Waals surface area contributed by atoms with Crippen LogP contribution in [0.2, 0.25) is 0 Å². The van der Waals surface area contributed by atoms with Crippen LogP contribution in [0, 0.1) is 0 Å². The van der Waals surface area contributed by atoms with Crippen molar-refractivity contribution < 1.29 is 20.9 Å². The maximum atomic E-state index is 6.30. The molecular weight excluding hydrogens is 682 g/mol. The molecule has 0 fully saturated rings. The van der Waals surface area contributed by atoms with Gasteiger partial charge in [0.25, 0.3) is 0 Å². The standard InChI is InChI=1S/7C4H9O.In.Sn/c7*1-4(2,3)5;;/h7*1-3H3;;/q7*-1;+3;+4. The van der Waals surface area contributed by atoms with Gasteiger partial charge in [-0.3, -0.25) is 0 Å².